The van der Waals surface area contributed by atoms with E-state index in [1.165, 1.54) is 0 Å². The lowest BCUT2D eigenvalue weighted by Crippen LogP contribution is -2.17. The van der Waals surface area contributed by atoms with Crippen molar-refractivity contribution in [2.45, 2.75) is 6.92 Å². The molecular weight excluding hydrogens is 268 g/mol. The molecule has 5 nitrogen and oxygen atoms in total. The summed E-state index contributed by atoms with van der Waals surface area (Å²) in [6.07, 6.45) is 0.967. The largest absolute Gasteiger partial charge is 0.618 e. The second-order valence-electron chi connectivity index (χ2n) is 4.51. The number of carbonyl (C=O) groups is 1. The van der Waals surface area contributed by atoms with Gasteiger partial charge in [0.2, 0.25) is 11.9 Å². The van der Waals surface area contributed by atoms with Crippen LogP contribution in [-0.4, -0.2) is 24.0 Å². The highest BCUT2D eigenvalue weighted by Gasteiger charge is 2.06. The Bertz CT molecular complexity index is 646. The SMILES string of the molecule is COc1ccc(NC(=O)/C=[N+](\[O-])c2ccc(C)cc2)cc1. The third-order valence-corrected chi connectivity index (χ3v) is 2.88. The maximum atomic E-state index is 11.8. The summed E-state index contributed by atoms with van der Waals surface area (Å²) in [4.78, 5) is 11.8. The topological polar surface area (TPSA) is 64.4 Å². The maximum Gasteiger partial charge on any atom is 0.313 e. The summed E-state index contributed by atoms with van der Waals surface area (Å²) >= 11 is 0. The van der Waals surface area contributed by atoms with Crippen LogP contribution in [0, 0.1) is 12.1 Å². The normalized spacial score (nSPS) is 11.0. The highest BCUT2D eigenvalue weighted by Crippen LogP contribution is 2.15. The van der Waals surface area contributed by atoms with Crippen LogP contribution >= 0.6 is 0 Å². The number of benzene rings is 2. The molecule has 1 amide bonds. The zero-order valence-electron chi connectivity index (χ0n) is 11.9. The van der Waals surface area contributed by atoms with Gasteiger partial charge in [-0.05, 0) is 31.2 Å². The lowest BCUT2D eigenvalue weighted by molar-refractivity contribution is -0.354. The zero-order valence-corrected chi connectivity index (χ0v) is 11.9. The number of hydrogen-bond acceptors (Lipinski definition) is 3. The first-order valence-electron chi connectivity index (χ1n) is 6.41. The highest BCUT2D eigenvalue weighted by molar-refractivity contribution is 6.30. The van der Waals surface area contributed by atoms with Crippen molar-refractivity contribution in [3.05, 3.63) is 59.3 Å². The smallest absolute Gasteiger partial charge is 0.313 e. The van der Waals surface area contributed by atoms with Crippen LogP contribution < -0.4 is 10.1 Å². The molecule has 0 unspecified atom stereocenters. The standard InChI is InChI=1S/C16H16N2O3/c1-12-3-7-14(8-4-12)18(20)11-16(19)17-13-5-9-15(21-2)10-6-13/h3-11H,1-2H3,(H,17,19)/b18-11-. The predicted octanol–water partition coefficient (Wildman–Crippen LogP) is 2.85. The number of methoxy groups -OCH3 is 1. The predicted molar refractivity (Wildman–Crippen MR) is 82.2 cm³/mol. The van der Waals surface area contributed by atoms with E-state index in [1.807, 2.05) is 19.1 Å². The van der Waals surface area contributed by atoms with Crippen LogP contribution in [0.3, 0.4) is 0 Å². The molecule has 0 spiro atoms. The van der Waals surface area contributed by atoms with Crippen molar-refractivity contribution in [2.75, 3.05) is 12.4 Å². The van der Waals surface area contributed by atoms with Crippen molar-refractivity contribution in [2.24, 2.45) is 0 Å². The van der Waals surface area contributed by atoms with Crippen molar-refractivity contribution in [3.63, 3.8) is 0 Å². The Hall–Kier alpha value is -2.82. The van der Waals surface area contributed by atoms with Gasteiger partial charge in [0.1, 0.15) is 5.75 Å². The van der Waals surface area contributed by atoms with Crippen LogP contribution in [0.15, 0.2) is 48.5 Å². The van der Waals surface area contributed by atoms with Gasteiger partial charge in [0, 0.05) is 17.8 Å². The molecule has 0 atom stereocenters. The minimum Gasteiger partial charge on any atom is -0.618 e. The van der Waals surface area contributed by atoms with E-state index in [0.29, 0.717) is 21.9 Å². The molecule has 0 aliphatic rings. The van der Waals surface area contributed by atoms with E-state index in [4.69, 9.17) is 4.74 Å². The molecule has 0 saturated heterocycles. The third kappa shape index (κ3) is 4.07. The van der Waals surface area contributed by atoms with Crippen LogP contribution in [0.2, 0.25) is 0 Å². The van der Waals surface area contributed by atoms with Crippen molar-refractivity contribution in [1.29, 1.82) is 0 Å². The van der Waals surface area contributed by atoms with E-state index in [0.717, 1.165) is 11.8 Å². The summed E-state index contributed by atoms with van der Waals surface area (Å²) in [5, 5.41) is 14.5. The first-order valence-corrected chi connectivity index (χ1v) is 6.41. The van der Waals surface area contributed by atoms with Gasteiger partial charge in [0.25, 0.3) is 0 Å². The zero-order chi connectivity index (χ0) is 15.2. The van der Waals surface area contributed by atoms with Gasteiger partial charge in [0.05, 0.1) is 7.11 Å². The number of anilines is 1. The number of carbonyl (C=O) groups excluding carboxylic acids is 1. The molecule has 0 aromatic heterocycles. The van der Waals surface area contributed by atoms with Gasteiger partial charge < -0.3 is 15.3 Å². The molecular formula is C16H16N2O3. The molecule has 0 fully saturated rings. The van der Waals surface area contributed by atoms with Gasteiger partial charge >= 0.3 is 5.91 Å². The molecule has 108 valence electrons. The van der Waals surface area contributed by atoms with Crippen LogP contribution in [0.5, 0.6) is 5.75 Å². The van der Waals surface area contributed by atoms with Gasteiger partial charge in [-0.25, -0.2) is 0 Å². The molecule has 0 aliphatic carbocycles. The number of nitrogens with zero attached hydrogens (tertiary/aromatic N) is 1. The van der Waals surface area contributed by atoms with Gasteiger partial charge in [-0.15, -0.1) is 0 Å². The number of ether oxygens (including phenoxy) is 1. The Labute approximate surface area is 123 Å². The fraction of sp³-hybridized carbons (Fsp3) is 0.125. The summed E-state index contributed by atoms with van der Waals surface area (Å²) < 4.78 is 5.57. The van der Waals surface area contributed by atoms with Crippen LogP contribution in [0.25, 0.3) is 0 Å². The van der Waals surface area contributed by atoms with Gasteiger partial charge in [0.15, 0.2) is 0 Å². The van der Waals surface area contributed by atoms with E-state index < -0.39 is 5.91 Å². The molecule has 1 N–H and O–H groups in total. The van der Waals surface area contributed by atoms with Gasteiger partial charge in [-0.2, -0.15) is 4.74 Å². The van der Waals surface area contributed by atoms with E-state index in [2.05, 4.69) is 5.32 Å². The third-order valence-electron chi connectivity index (χ3n) is 2.88. The Balaban J connectivity index is 2.05. The number of rotatable bonds is 4. The first kappa shape index (κ1) is 14.6. The van der Waals surface area contributed by atoms with Gasteiger partial charge in [-0.1, -0.05) is 17.7 Å². The molecule has 2 aromatic rings. The fourth-order valence-corrected chi connectivity index (χ4v) is 1.72. The van der Waals surface area contributed by atoms with Crippen molar-refractivity contribution < 1.29 is 14.3 Å². The highest BCUT2D eigenvalue weighted by atomic mass is 16.5. The number of hydrogen-bond donors (Lipinski definition) is 1. The molecule has 0 radical (unpaired) electrons. The Morgan fingerprint density at radius 2 is 1.76 bits per heavy atom. The molecule has 0 aliphatic heterocycles. The molecule has 0 saturated carbocycles. The van der Waals surface area contributed by atoms with E-state index in [-0.39, 0.29) is 0 Å². The first-order chi connectivity index (χ1) is 10.1. The number of amides is 1. The summed E-state index contributed by atoms with van der Waals surface area (Å²) in [7, 11) is 1.57. The summed E-state index contributed by atoms with van der Waals surface area (Å²) in [5.41, 5.74) is 2.05. The average molecular weight is 284 g/mol. The van der Waals surface area contributed by atoms with Crippen molar-refractivity contribution >= 4 is 23.5 Å². The van der Waals surface area contributed by atoms with Gasteiger partial charge in [-0.3, -0.25) is 4.79 Å². The Morgan fingerprint density at radius 1 is 1.14 bits per heavy atom. The van der Waals surface area contributed by atoms with Crippen molar-refractivity contribution in [1.82, 2.24) is 0 Å². The number of aryl methyl sites for hydroxylation is 1. The molecule has 2 aromatic carbocycles. The lowest BCUT2D eigenvalue weighted by Gasteiger charge is -2.05. The van der Waals surface area contributed by atoms with Crippen molar-refractivity contribution in [3.8, 4) is 5.75 Å². The minimum atomic E-state index is -0.490. The number of nitrogens with one attached hydrogen (secondary N) is 1. The average Bonchev–Trinajstić information content (AvgIpc) is 2.48. The monoisotopic (exact) mass is 284 g/mol. The molecule has 0 bridgehead atoms. The second-order valence-corrected chi connectivity index (χ2v) is 4.51. The second kappa shape index (κ2) is 6.56. The fourth-order valence-electron chi connectivity index (χ4n) is 1.72. The van der Waals surface area contributed by atoms with Crippen LogP contribution in [0.1, 0.15) is 5.56 Å². The summed E-state index contributed by atoms with van der Waals surface area (Å²) in [5.74, 6) is 0.206. The molecule has 2 rings (SSSR count). The molecule has 5 heteroatoms. The summed E-state index contributed by atoms with van der Waals surface area (Å²) in [6, 6.07) is 13.8. The van der Waals surface area contributed by atoms with Crippen LogP contribution in [0.4, 0.5) is 11.4 Å². The summed E-state index contributed by atoms with van der Waals surface area (Å²) in [6.45, 7) is 1.93. The molecule has 21 heavy (non-hydrogen) atoms. The molecule has 0 heterocycles. The quantitative estimate of drug-likeness (QED) is 0.406. The van der Waals surface area contributed by atoms with E-state index in [1.54, 1.807) is 43.5 Å². The van der Waals surface area contributed by atoms with E-state index >= 15 is 0 Å². The van der Waals surface area contributed by atoms with Crippen LogP contribution in [-0.2, 0) is 4.79 Å². The lowest BCUT2D eigenvalue weighted by atomic mass is 10.2. The van der Waals surface area contributed by atoms with E-state index in [9.17, 15) is 10.0 Å². The Kier molecular flexibility index (Phi) is 4.56. The Morgan fingerprint density at radius 3 is 2.33 bits per heavy atom. The minimum absolute atomic E-state index is 0.408. The maximum absolute atomic E-state index is 11.8.